The summed E-state index contributed by atoms with van der Waals surface area (Å²) < 4.78 is 21.5. The van der Waals surface area contributed by atoms with Crippen molar-refractivity contribution in [2.24, 2.45) is 0 Å². The second-order valence-electron chi connectivity index (χ2n) is 4.57. The number of sulfone groups is 1. The van der Waals surface area contributed by atoms with E-state index in [1.54, 1.807) is 13.0 Å². The largest absolute Gasteiger partial charge is 0.323 e. The summed E-state index contributed by atoms with van der Waals surface area (Å²) in [7, 11) is -3.50. The van der Waals surface area contributed by atoms with Gasteiger partial charge in [-0.2, -0.15) is 0 Å². The van der Waals surface area contributed by atoms with Gasteiger partial charge in [-0.15, -0.1) is 0 Å². The third kappa shape index (κ3) is 3.00. The maximum atomic E-state index is 11.9. The number of aryl methyl sites for hydroxylation is 1. The molecule has 0 aliphatic carbocycles. The van der Waals surface area contributed by atoms with Gasteiger partial charge in [0.1, 0.15) is 9.90 Å². The Balaban J connectivity index is 2.99. The van der Waals surface area contributed by atoms with Crippen LogP contribution in [0.15, 0.2) is 12.3 Å². The molecule has 0 aliphatic rings. The van der Waals surface area contributed by atoms with E-state index in [-0.39, 0.29) is 0 Å². The Labute approximate surface area is 111 Å². The van der Waals surface area contributed by atoms with Crippen LogP contribution < -0.4 is 5.32 Å². The molecule has 0 atom stereocenters. The van der Waals surface area contributed by atoms with Gasteiger partial charge in [0.05, 0.1) is 11.9 Å². The minimum atomic E-state index is -3.50. The topological polar surface area (TPSA) is 76.1 Å². The average molecular weight is 291 g/mol. The van der Waals surface area contributed by atoms with E-state index in [9.17, 15) is 13.2 Å². The highest BCUT2D eigenvalue weighted by Crippen LogP contribution is 2.20. The number of pyridine rings is 1. The van der Waals surface area contributed by atoms with Crippen LogP contribution in [0.25, 0.3) is 0 Å². The molecule has 0 radical (unpaired) electrons. The Morgan fingerprint density at radius 2 is 2.00 bits per heavy atom. The van der Waals surface area contributed by atoms with Crippen LogP contribution in [0.5, 0.6) is 0 Å². The fourth-order valence-corrected chi connectivity index (χ4v) is 1.57. The average Bonchev–Trinajstić information content (AvgIpc) is 2.21. The number of hydrogen-bond acceptors (Lipinski definition) is 4. The highest BCUT2D eigenvalue weighted by atomic mass is 35.5. The van der Waals surface area contributed by atoms with Crippen LogP contribution in [0, 0.1) is 6.92 Å². The first kappa shape index (κ1) is 14.9. The maximum absolute atomic E-state index is 11.9. The predicted octanol–water partition coefficient (Wildman–Crippen LogP) is 1.81. The van der Waals surface area contributed by atoms with E-state index >= 15 is 0 Å². The normalized spacial score (nSPS) is 12.3. The monoisotopic (exact) mass is 290 g/mol. The van der Waals surface area contributed by atoms with Crippen molar-refractivity contribution in [2.45, 2.75) is 25.5 Å². The number of halogens is 1. The molecule has 5 nitrogen and oxygen atoms in total. The van der Waals surface area contributed by atoms with Gasteiger partial charge >= 0.3 is 0 Å². The molecular weight excluding hydrogens is 276 g/mol. The Bertz CT molecular complexity index is 582. The molecule has 0 spiro atoms. The lowest BCUT2D eigenvalue weighted by atomic mass is 10.2. The molecule has 1 rings (SSSR count). The van der Waals surface area contributed by atoms with Crippen molar-refractivity contribution in [3.05, 3.63) is 23.0 Å². The summed E-state index contributed by atoms with van der Waals surface area (Å²) in [6, 6.07) is 1.63. The van der Waals surface area contributed by atoms with Crippen molar-refractivity contribution in [1.29, 1.82) is 0 Å². The number of aromatic nitrogens is 1. The van der Waals surface area contributed by atoms with Gasteiger partial charge in [0, 0.05) is 6.26 Å². The van der Waals surface area contributed by atoms with Crippen molar-refractivity contribution in [3.8, 4) is 0 Å². The van der Waals surface area contributed by atoms with Crippen LogP contribution in [0.1, 0.15) is 19.4 Å². The molecule has 1 aromatic heterocycles. The zero-order chi connectivity index (χ0) is 14.1. The molecule has 1 aromatic rings. The first-order valence-corrected chi connectivity index (χ1v) is 7.46. The fourth-order valence-electron chi connectivity index (χ4n) is 1.08. The minimum absolute atomic E-state index is 0.343. The van der Waals surface area contributed by atoms with Gasteiger partial charge in [-0.25, -0.2) is 13.4 Å². The molecule has 7 heteroatoms. The molecule has 0 bridgehead atoms. The summed E-state index contributed by atoms with van der Waals surface area (Å²) in [5.41, 5.74) is 1.12. The first-order valence-electron chi connectivity index (χ1n) is 5.19. The van der Waals surface area contributed by atoms with Crippen LogP contribution in [0.3, 0.4) is 0 Å². The number of carbonyl (C=O) groups is 1. The van der Waals surface area contributed by atoms with Gasteiger partial charge in [-0.3, -0.25) is 4.79 Å². The number of carbonyl (C=O) groups excluding carboxylic acids is 1. The highest BCUT2D eigenvalue weighted by Gasteiger charge is 2.38. The third-order valence-corrected chi connectivity index (χ3v) is 5.18. The molecular formula is C11H15ClN2O3S. The molecule has 0 saturated heterocycles. The zero-order valence-corrected chi connectivity index (χ0v) is 12.2. The second kappa shape index (κ2) is 4.85. The van der Waals surface area contributed by atoms with Crippen molar-refractivity contribution >= 4 is 33.0 Å². The molecule has 18 heavy (non-hydrogen) atoms. The second-order valence-corrected chi connectivity index (χ2v) is 7.49. The summed E-state index contributed by atoms with van der Waals surface area (Å²) in [6.45, 7) is 4.45. The third-order valence-electron chi connectivity index (χ3n) is 2.75. The van der Waals surface area contributed by atoms with E-state index in [2.05, 4.69) is 10.3 Å². The molecule has 0 aliphatic heterocycles. The predicted molar refractivity (Wildman–Crippen MR) is 71.5 cm³/mol. The highest BCUT2D eigenvalue weighted by molar-refractivity contribution is 7.92. The summed E-state index contributed by atoms with van der Waals surface area (Å²) in [6.07, 6.45) is 2.41. The van der Waals surface area contributed by atoms with Gasteiger partial charge in [0.25, 0.3) is 0 Å². The number of nitrogens with zero attached hydrogens (tertiary/aromatic N) is 1. The Morgan fingerprint density at radius 1 is 1.44 bits per heavy atom. The Kier molecular flexibility index (Phi) is 4.02. The molecule has 1 N–H and O–H groups in total. The fraction of sp³-hybridized carbons (Fsp3) is 0.455. The molecule has 1 amide bonds. The number of rotatable bonds is 3. The molecule has 0 unspecified atom stereocenters. The molecule has 1 heterocycles. The summed E-state index contributed by atoms with van der Waals surface area (Å²) >= 11 is 5.76. The molecule has 0 fully saturated rings. The van der Waals surface area contributed by atoms with Gasteiger partial charge in [-0.1, -0.05) is 11.6 Å². The van der Waals surface area contributed by atoms with Gasteiger partial charge in [0.2, 0.25) is 5.91 Å². The van der Waals surface area contributed by atoms with Crippen LogP contribution in [0.4, 0.5) is 5.69 Å². The van der Waals surface area contributed by atoms with Gasteiger partial charge in [0.15, 0.2) is 9.84 Å². The maximum Gasteiger partial charge on any atom is 0.245 e. The lowest BCUT2D eigenvalue weighted by Gasteiger charge is -2.21. The van der Waals surface area contributed by atoms with E-state index in [4.69, 9.17) is 11.6 Å². The van der Waals surface area contributed by atoms with E-state index in [1.165, 1.54) is 20.0 Å². The minimum Gasteiger partial charge on any atom is -0.323 e. The van der Waals surface area contributed by atoms with Crippen molar-refractivity contribution in [1.82, 2.24) is 4.98 Å². The molecule has 0 aromatic carbocycles. The number of nitrogens with one attached hydrogen (secondary N) is 1. The SMILES string of the molecule is Cc1cc(NC(=O)C(C)(C)S(C)(=O)=O)cnc1Cl. The number of anilines is 1. The van der Waals surface area contributed by atoms with Crippen LogP contribution >= 0.6 is 11.6 Å². The first-order chi connectivity index (χ1) is 8.05. The molecule has 100 valence electrons. The van der Waals surface area contributed by atoms with Gasteiger partial charge in [-0.05, 0) is 32.4 Å². The number of amides is 1. The van der Waals surface area contributed by atoms with E-state index < -0.39 is 20.5 Å². The lowest BCUT2D eigenvalue weighted by Crippen LogP contribution is -2.43. The van der Waals surface area contributed by atoms with Crippen molar-refractivity contribution < 1.29 is 13.2 Å². The Morgan fingerprint density at radius 3 is 2.44 bits per heavy atom. The smallest absolute Gasteiger partial charge is 0.245 e. The van der Waals surface area contributed by atoms with Crippen molar-refractivity contribution in [2.75, 3.05) is 11.6 Å². The van der Waals surface area contributed by atoms with Crippen molar-refractivity contribution in [3.63, 3.8) is 0 Å². The molecule has 0 saturated carbocycles. The summed E-state index contributed by atoms with van der Waals surface area (Å²) in [5, 5.41) is 2.86. The van der Waals surface area contributed by atoms with E-state index in [0.717, 1.165) is 6.26 Å². The van der Waals surface area contributed by atoms with Crippen LogP contribution in [0.2, 0.25) is 5.15 Å². The lowest BCUT2D eigenvalue weighted by molar-refractivity contribution is -0.117. The van der Waals surface area contributed by atoms with Gasteiger partial charge < -0.3 is 5.32 Å². The van der Waals surface area contributed by atoms with Crippen LogP contribution in [-0.4, -0.2) is 30.3 Å². The summed E-state index contributed by atoms with van der Waals surface area (Å²) in [4.78, 5) is 15.8. The van der Waals surface area contributed by atoms with Crippen LogP contribution in [-0.2, 0) is 14.6 Å². The standard InChI is InChI=1S/C11H15ClN2O3S/c1-7-5-8(6-13-9(7)12)14-10(15)11(2,3)18(4,16)17/h5-6H,1-4H3,(H,14,15). The zero-order valence-electron chi connectivity index (χ0n) is 10.6. The summed E-state index contributed by atoms with van der Waals surface area (Å²) in [5.74, 6) is -0.603. The van der Waals surface area contributed by atoms with E-state index in [1.807, 2.05) is 0 Å². The number of hydrogen-bond donors (Lipinski definition) is 1. The quantitative estimate of drug-likeness (QED) is 0.861. The Hall–Kier alpha value is -1.14. The van der Waals surface area contributed by atoms with E-state index in [0.29, 0.717) is 16.4 Å².